The fourth-order valence-electron chi connectivity index (χ4n) is 7.23. The summed E-state index contributed by atoms with van der Waals surface area (Å²) in [7, 11) is 0. The fourth-order valence-corrected chi connectivity index (χ4v) is 7.23. The average Bonchev–Trinajstić information content (AvgIpc) is 2.92. The lowest BCUT2D eigenvalue weighted by Gasteiger charge is -2.58. The highest BCUT2D eigenvalue weighted by molar-refractivity contribution is 5.91. The van der Waals surface area contributed by atoms with Gasteiger partial charge >= 0.3 is 0 Å². The van der Waals surface area contributed by atoms with Crippen molar-refractivity contribution >= 4 is 5.78 Å². The standard InChI is InChI=1S/C22H30O2/c1-4-20(24)19-8-7-17-16-6-5-14-13-15(23)9-11-21(14,2)18(16)10-12-22(17,19)3/h1,13,16-20,24H,5-12H2,2-3H3/t16-,17-,18+,19?,20-,21-,22-/m0/s1. The molecule has 2 nitrogen and oxygen atoms in total. The number of fused-ring (bicyclic) bond motifs is 5. The molecular formula is C22H30O2. The zero-order valence-electron chi connectivity index (χ0n) is 15.1. The number of ketones is 1. The van der Waals surface area contributed by atoms with Gasteiger partial charge in [-0.05, 0) is 79.6 Å². The molecule has 4 rings (SSSR count). The lowest BCUT2D eigenvalue weighted by molar-refractivity contribution is -0.117. The van der Waals surface area contributed by atoms with Gasteiger partial charge in [-0.25, -0.2) is 0 Å². The molecule has 130 valence electrons. The molecule has 0 aromatic rings. The van der Waals surface area contributed by atoms with Crippen molar-refractivity contribution in [2.24, 2.45) is 34.5 Å². The first-order chi connectivity index (χ1) is 11.4. The Labute approximate surface area is 146 Å². The molecule has 2 heteroatoms. The van der Waals surface area contributed by atoms with E-state index in [1.54, 1.807) is 0 Å². The number of hydrogen-bond donors (Lipinski definition) is 1. The Morgan fingerprint density at radius 2 is 1.96 bits per heavy atom. The number of hydrogen-bond acceptors (Lipinski definition) is 2. The Hall–Kier alpha value is -1.07. The Bertz CT molecular complexity index is 626. The largest absolute Gasteiger partial charge is 0.380 e. The third-order valence-corrected chi connectivity index (χ3v) is 8.59. The number of aliphatic hydroxyl groups excluding tert-OH is 1. The number of carbonyl (C=O) groups is 1. The van der Waals surface area contributed by atoms with Gasteiger partial charge in [0.1, 0.15) is 6.10 Å². The van der Waals surface area contributed by atoms with Gasteiger partial charge in [0.15, 0.2) is 5.78 Å². The molecular weight excluding hydrogens is 296 g/mol. The summed E-state index contributed by atoms with van der Waals surface area (Å²) in [6, 6.07) is 0. The zero-order valence-corrected chi connectivity index (χ0v) is 15.1. The second-order valence-electron chi connectivity index (χ2n) is 9.31. The summed E-state index contributed by atoms with van der Waals surface area (Å²) in [5.74, 6) is 5.36. The van der Waals surface area contributed by atoms with Gasteiger partial charge in [-0.2, -0.15) is 0 Å². The first-order valence-electron chi connectivity index (χ1n) is 9.78. The molecule has 0 bridgehead atoms. The van der Waals surface area contributed by atoms with Gasteiger partial charge in [-0.15, -0.1) is 6.42 Å². The van der Waals surface area contributed by atoms with Gasteiger partial charge in [-0.3, -0.25) is 4.79 Å². The van der Waals surface area contributed by atoms with E-state index in [9.17, 15) is 9.90 Å². The molecule has 3 fully saturated rings. The summed E-state index contributed by atoms with van der Waals surface area (Å²) >= 11 is 0. The predicted octanol–water partition coefficient (Wildman–Crippen LogP) is 4.13. The molecule has 7 atom stereocenters. The van der Waals surface area contributed by atoms with Crippen LogP contribution in [0.4, 0.5) is 0 Å². The topological polar surface area (TPSA) is 37.3 Å². The van der Waals surface area contributed by atoms with Crippen LogP contribution in [0.2, 0.25) is 0 Å². The van der Waals surface area contributed by atoms with E-state index in [-0.39, 0.29) is 16.7 Å². The summed E-state index contributed by atoms with van der Waals surface area (Å²) in [6.45, 7) is 4.82. The van der Waals surface area contributed by atoms with Gasteiger partial charge in [0.25, 0.3) is 0 Å². The third kappa shape index (κ3) is 2.10. The summed E-state index contributed by atoms with van der Waals surface area (Å²) < 4.78 is 0. The fraction of sp³-hybridized carbons (Fsp3) is 0.773. The number of carbonyl (C=O) groups excluding carboxylic acids is 1. The molecule has 0 aromatic carbocycles. The van der Waals surface area contributed by atoms with E-state index in [0.29, 0.717) is 17.6 Å². The van der Waals surface area contributed by atoms with Crippen LogP contribution < -0.4 is 0 Å². The van der Waals surface area contributed by atoms with Gasteiger partial charge in [-0.1, -0.05) is 25.3 Å². The molecule has 24 heavy (non-hydrogen) atoms. The van der Waals surface area contributed by atoms with Crippen molar-refractivity contribution in [1.82, 2.24) is 0 Å². The van der Waals surface area contributed by atoms with E-state index in [1.807, 2.05) is 6.08 Å². The first-order valence-corrected chi connectivity index (χ1v) is 9.78. The molecule has 4 aliphatic carbocycles. The minimum atomic E-state index is -0.585. The smallest absolute Gasteiger partial charge is 0.155 e. The zero-order chi connectivity index (χ0) is 17.1. The molecule has 0 saturated heterocycles. The summed E-state index contributed by atoms with van der Waals surface area (Å²) in [5, 5.41) is 10.3. The van der Waals surface area contributed by atoms with Crippen molar-refractivity contribution in [3.63, 3.8) is 0 Å². The van der Waals surface area contributed by atoms with Crippen molar-refractivity contribution in [3.05, 3.63) is 11.6 Å². The second-order valence-corrected chi connectivity index (χ2v) is 9.31. The number of aliphatic hydroxyl groups is 1. The summed E-state index contributed by atoms with van der Waals surface area (Å²) in [5.41, 5.74) is 1.87. The quantitative estimate of drug-likeness (QED) is 0.736. The van der Waals surface area contributed by atoms with Gasteiger partial charge in [0, 0.05) is 12.3 Å². The van der Waals surface area contributed by atoms with E-state index in [1.165, 1.54) is 31.3 Å². The molecule has 3 saturated carbocycles. The van der Waals surface area contributed by atoms with Crippen LogP contribution in [0.25, 0.3) is 0 Å². The molecule has 0 aromatic heterocycles. The molecule has 4 aliphatic rings. The van der Waals surface area contributed by atoms with Crippen LogP contribution in [0.3, 0.4) is 0 Å². The van der Waals surface area contributed by atoms with E-state index >= 15 is 0 Å². The van der Waals surface area contributed by atoms with E-state index in [4.69, 9.17) is 6.42 Å². The van der Waals surface area contributed by atoms with Crippen LogP contribution in [0.5, 0.6) is 0 Å². The molecule has 1 unspecified atom stereocenters. The lowest BCUT2D eigenvalue weighted by Crippen LogP contribution is -2.51. The molecule has 0 radical (unpaired) electrons. The summed E-state index contributed by atoms with van der Waals surface area (Å²) in [6.07, 6.45) is 15.7. The number of allylic oxidation sites excluding steroid dienone is 1. The van der Waals surface area contributed by atoms with Crippen molar-refractivity contribution in [2.45, 2.75) is 71.3 Å². The molecule has 0 aliphatic heterocycles. The number of rotatable bonds is 1. The number of terminal acetylenes is 1. The third-order valence-electron chi connectivity index (χ3n) is 8.59. The van der Waals surface area contributed by atoms with Crippen molar-refractivity contribution in [2.75, 3.05) is 0 Å². The monoisotopic (exact) mass is 326 g/mol. The van der Waals surface area contributed by atoms with Gasteiger partial charge in [0.2, 0.25) is 0 Å². The van der Waals surface area contributed by atoms with E-state index in [2.05, 4.69) is 19.8 Å². The Balaban J connectivity index is 1.65. The minimum Gasteiger partial charge on any atom is -0.380 e. The Kier molecular flexibility index (Phi) is 3.73. The Morgan fingerprint density at radius 1 is 1.17 bits per heavy atom. The molecule has 1 N–H and O–H groups in total. The minimum absolute atomic E-state index is 0.203. The summed E-state index contributed by atoms with van der Waals surface area (Å²) in [4.78, 5) is 11.9. The van der Waals surface area contributed by atoms with Crippen LogP contribution in [-0.2, 0) is 4.79 Å². The van der Waals surface area contributed by atoms with Crippen LogP contribution in [-0.4, -0.2) is 17.0 Å². The van der Waals surface area contributed by atoms with Crippen LogP contribution >= 0.6 is 0 Å². The average molecular weight is 326 g/mol. The predicted molar refractivity (Wildman–Crippen MR) is 95.0 cm³/mol. The lowest BCUT2D eigenvalue weighted by atomic mass is 9.46. The maximum atomic E-state index is 11.9. The van der Waals surface area contributed by atoms with Crippen molar-refractivity contribution < 1.29 is 9.90 Å². The molecule has 0 heterocycles. The highest BCUT2D eigenvalue weighted by Gasteiger charge is 2.59. The maximum Gasteiger partial charge on any atom is 0.155 e. The van der Waals surface area contributed by atoms with Crippen LogP contribution in [0.1, 0.15) is 65.2 Å². The highest BCUT2D eigenvalue weighted by Crippen LogP contribution is 2.66. The van der Waals surface area contributed by atoms with Crippen molar-refractivity contribution in [1.29, 1.82) is 0 Å². The Morgan fingerprint density at radius 3 is 2.71 bits per heavy atom. The molecule has 0 spiro atoms. The van der Waals surface area contributed by atoms with Crippen LogP contribution in [0, 0.1) is 46.8 Å². The van der Waals surface area contributed by atoms with Gasteiger partial charge in [0.05, 0.1) is 0 Å². The van der Waals surface area contributed by atoms with Crippen LogP contribution in [0.15, 0.2) is 11.6 Å². The maximum absolute atomic E-state index is 11.9. The second kappa shape index (κ2) is 5.46. The molecule has 0 amide bonds. The first kappa shape index (κ1) is 16.4. The normalized spacial score (nSPS) is 48.6. The SMILES string of the molecule is C#C[C@H](O)C1CC[C@H]2[C@@H]3CCC4=CC(=O)CC[C@]4(C)[C@@H]3CC[C@]12C. The van der Waals surface area contributed by atoms with E-state index in [0.717, 1.165) is 31.6 Å². The highest BCUT2D eigenvalue weighted by atomic mass is 16.3. The van der Waals surface area contributed by atoms with Gasteiger partial charge < -0.3 is 5.11 Å². The van der Waals surface area contributed by atoms with E-state index < -0.39 is 6.10 Å². The van der Waals surface area contributed by atoms with Crippen molar-refractivity contribution in [3.8, 4) is 12.3 Å².